The fourth-order valence-electron chi connectivity index (χ4n) is 2.24. The van der Waals surface area contributed by atoms with Crippen molar-refractivity contribution < 1.29 is 4.79 Å². The second-order valence-corrected chi connectivity index (χ2v) is 6.30. The first-order valence-electron chi connectivity index (χ1n) is 6.22. The lowest BCUT2D eigenvalue weighted by Gasteiger charge is -2.45. The van der Waals surface area contributed by atoms with E-state index < -0.39 is 0 Å². The van der Waals surface area contributed by atoms with E-state index in [1.165, 1.54) is 0 Å². The van der Waals surface area contributed by atoms with Gasteiger partial charge in [0.05, 0.1) is 5.41 Å². The Kier molecular flexibility index (Phi) is 3.68. The number of hydrogen-bond donors (Lipinski definition) is 1. The maximum absolute atomic E-state index is 12.4. The van der Waals surface area contributed by atoms with Crippen molar-refractivity contribution in [3.8, 4) is 0 Å². The van der Waals surface area contributed by atoms with Crippen LogP contribution in [0.4, 0.5) is 0 Å². The Labute approximate surface area is 99.4 Å². The molecule has 16 heavy (non-hydrogen) atoms. The Morgan fingerprint density at radius 2 is 1.94 bits per heavy atom. The fraction of sp³-hybridized carbons (Fsp3) is 0.923. The van der Waals surface area contributed by atoms with Gasteiger partial charge in [-0.05, 0) is 25.2 Å². The molecule has 0 aromatic rings. The minimum absolute atomic E-state index is 0.115. The summed E-state index contributed by atoms with van der Waals surface area (Å²) in [5.74, 6) is 0.240. The first-order chi connectivity index (χ1) is 7.24. The molecular weight excluding hydrogens is 200 g/mol. The summed E-state index contributed by atoms with van der Waals surface area (Å²) in [4.78, 5) is 14.3. The van der Waals surface area contributed by atoms with Gasteiger partial charge in [0.15, 0.2) is 0 Å². The van der Waals surface area contributed by atoms with E-state index in [9.17, 15) is 4.79 Å². The Balaban J connectivity index is 2.74. The third kappa shape index (κ3) is 2.24. The number of hydrogen-bond acceptors (Lipinski definition) is 2. The molecular formula is C13H26N2O. The van der Waals surface area contributed by atoms with Crippen LogP contribution in [-0.4, -0.2) is 30.4 Å². The van der Waals surface area contributed by atoms with Crippen LogP contribution in [0.1, 0.15) is 47.0 Å². The minimum atomic E-state index is -0.242. The van der Waals surface area contributed by atoms with Crippen LogP contribution >= 0.6 is 0 Å². The van der Waals surface area contributed by atoms with Crippen LogP contribution < -0.4 is 5.73 Å². The second-order valence-electron chi connectivity index (χ2n) is 6.30. The molecule has 1 aliphatic rings. The molecule has 3 nitrogen and oxygen atoms in total. The fourth-order valence-corrected chi connectivity index (χ4v) is 2.24. The largest absolute Gasteiger partial charge is 0.342 e. The van der Waals surface area contributed by atoms with Crippen molar-refractivity contribution in [3.63, 3.8) is 0 Å². The van der Waals surface area contributed by atoms with Gasteiger partial charge in [-0.15, -0.1) is 0 Å². The lowest BCUT2D eigenvalue weighted by Crippen LogP contribution is -2.55. The van der Waals surface area contributed by atoms with Gasteiger partial charge in [-0.25, -0.2) is 0 Å². The van der Waals surface area contributed by atoms with Crippen molar-refractivity contribution in [3.05, 3.63) is 0 Å². The van der Waals surface area contributed by atoms with E-state index in [4.69, 9.17) is 5.73 Å². The van der Waals surface area contributed by atoms with E-state index in [0.29, 0.717) is 6.54 Å². The van der Waals surface area contributed by atoms with Crippen LogP contribution in [0.2, 0.25) is 0 Å². The highest BCUT2D eigenvalue weighted by molar-refractivity contribution is 5.84. The van der Waals surface area contributed by atoms with Gasteiger partial charge >= 0.3 is 0 Å². The van der Waals surface area contributed by atoms with Gasteiger partial charge in [0.25, 0.3) is 0 Å². The average molecular weight is 226 g/mol. The number of nitrogens with zero attached hydrogens (tertiary/aromatic N) is 1. The zero-order valence-corrected chi connectivity index (χ0v) is 11.3. The molecule has 0 aliphatic heterocycles. The zero-order valence-electron chi connectivity index (χ0n) is 11.3. The minimum Gasteiger partial charge on any atom is -0.342 e. The summed E-state index contributed by atoms with van der Waals surface area (Å²) in [5, 5.41) is 0. The second kappa shape index (κ2) is 4.36. The molecule has 1 saturated carbocycles. The third-order valence-corrected chi connectivity index (χ3v) is 4.31. The zero-order chi connectivity index (χ0) is 12.6. The van der Waals surface area contributed by atoms with E-state index in [2.05, 4.69) is 27.7 Å². The van der Waals surface area contributed by atoms with Crippen molar-refractivity contribution in [1.29, 1.82) is 0 Å². The SMILES string of the molecule is CC(N(C)C(=O)C1(CN)CCC1)C(C)(C)C. The monoisotopic (exact) mass is 226 g/mol. The predicted octanol–water partition coefficient (Wildman–Crippen LogP) is 2.01. The molecule has 0 heterocycles. The third-order valence-electron chi connectivity index (χ3n) is 4.31. The molecule has 0 spiro atoms. The molecule has 0 aromatic carbocycles. The summed E-state index contributed by atoms with van der Waals surface area (Å²) in [6.07, 6.45) is 3.06. The highest BCUT2D eigenvalue weighted by Gasteiger charge is 2.46. The van der Waals surface area contributed by atoms with Crippen LogP contribution in [0.15, 0.2) is 0 Å². The molecule has 2 N–H and O–H groups in total. The molecule has 0 bridgehead atoms. The number of rotatable bonds is 3. The number of nitrogens with two attached hydrogens (primary N) is 1. The van der Waals surface area contributed by atoms with E-state index in [-0.39, 0.29) is 22.8 Å². The van der Waals surface area contributed by atoms with Gasteiger partial charge < -0.3 is 10.6 Å². The Morgan fingerprint density at radius 3 is 2.19 bits per heavy atom. The van der Waals surface area contributed by atoms with Gasteiger partial charge in [0.2, 0.25) is 5.91 Å². The van der Waals surface area contributed by atoms with Crippen molar-refractivity contribution in [2.24, 2.45) is 16.6 Å². The highest BCUT2D eigenvalue weighted by Crippen LogP contribution is 2.42. The lowest BCUT2D eigenvalue weighted by molar-refractivity contribution is -0.149. The molecule has 1 unspecified atom stereocenters. The standard InChI is InChI=1S/C13H26N2O/c1-10(12(2,3)4)15(5)11(16)13(9-14)7-6-8-13/h10H,6-9,14H2,1-5H3. The summed E-state index contributed by atoms with van der Waals surface area (Å²) in [5.41, 5.74) is 5.64. The maximum atomic E-state index is 12.4. The maximum Gasteiger partial charge on any atom is 0.230 e. The van der Waals surface area contributed by atoms with Crippen molar-refractivity contribution in [1.82, 2.24) is 4.90 Å². The number of amides is 1. The summed E-state index contributed by atoms with van der Waals surface area (Å²) >= 11 is 0. The normalized spacial score (nSPS) is 21.1. The first-order valence-corrected chi connectivity index (χ1v) is 6.22. The van der Waals surface area contributed by atoms with Crippen molar-refractivity contribution in [2.45, 2.75) is 53.0 Å². The van der Waals surface area contributed by atoms with Gasteiger partial charge in [0, 0.05) is 19.6 Å². The topological polar surface area (TPSA) is 46.3 Å². The Bertz CT molecular complexity index is 258. The van der Waals surface area contributed by atoms with Gasteiger partial charge in [-0.2, -0.15) is 0 Å². The highest BCUT2D eigenvalue weighted by atomic mass is 16.2. The van der Waals surface area contributed by atoms with Crippen LogP contribution in [-0.2, 0) is 4.79 Å². The Morgan fingerprint density at radius 1 is 1.44 bits per heavy atom. The summed E-state index contributed by atoms with van der Waals surface area (Å²) in [6, 6.07) is 0.240. The first kappa shape index (κ1) is 13.5. The molecule has 1 atom stereocenters. The quantitative estimate of drug-likeness (QED) is 0.800. The lowest BCUT2D eigenvalue weighted by atomic mass is 9.67. The van der Waals surface area contributed by atoms with Crippen molar-refractivity contribution >= 4 is 5.91 Å². The number of carbonyl (C=O) groups excluding carboxylic acids is 1. The van der Waals surface area contributed by atoms with Crippen LogP contribution in [0.25, 0.3) is 0 Å². The van der Waals surface area contributed by atoms with Gasteiger partial charge in [0.1, 0.15) is 0 Å². The molecule has 1 rings (SSSR count). The number of carbonyl (C=O) groups is 1. The molecule has 3 heteroatoms. The molecule has 94 valence electrons. The van der Waals surface area contributed by atoms with E-state index in [0.717, 1.165) is 19.3 Å². The molecule has 1 aliphatic carbocycles. The molecule has 1 fully saturated rings. The molecule has 0 saturated heterocycles. The molecule has 1 amide bonds. The summed E-state index contributed by atoms with van der Waals surface area (Å²) in [7, 11) is 1.91. The van der Waals surface area contributed by atoms with Crippen LogP contribution in [0, 0.1) is 10.8 Å². The van der Waals surface area contributed by atoms with E-state index in [1.54, 1.807) is 0 Å². The summed E-state index contributed by atoms with van der Waals surface area (Å²) in [6.45, 7) is 9.10. The van der Waals surface area contributed by atoms with Gasteiger partial charge in [-0.3, -0.25) is 4.79 Å². The average Bonchev–Trinajstić information content (AvgIpc) is 2.13. The molecule has 0 radical (unpaired) electrons. The summed E-state index contributed by atoms with van der Waals surface area (Å²) < 4.78 is 0. The van der Waals surface area contributed by atoms with E-state index in [1.807, 2.05) is 11.9 Å². The Hall–Kier alpha value is -0.570. The van der Waals surface area contributed by atoms with Crippen molar-refractivity contribution in [2.75, 3.05) is 13.6 Å². The predicted molar refractivity (Wildman–Crippen MR) is 67.0 cm³/mol. The smallest absolute Gasteiger partial charge is 0.230 e. The van der Waals surface area contributed by atoms with E-state index >= 15 is 0 Å². The van der Waals surface area contributed by atoms with Gasteiger partial charge in [-0.1, -0.05) is 27.2 Å². The van der Waals surface area contributed by atoms with Crippen LogP contribution in [0.5, 0.6) is 0 Å². The van der Waals surface area contributed by atoms with Crippen LogP contribution in [0.3, 0.4) is 0 Å². The molecule has 0 aromatic heterocycles.